The molecule has 0 bridgehead atoms. The van der Waals surface area contributed by atoms with Crippen LogP contribution in [0.4, 0.5) is 9.18 Å². The molecular formula is C22H29ClFNO6. The van der Waals surface area contributed by atoms with Gasteiger partial charge in [0.25, 0.3) is 0 Å². The Bertz CT molecular complexity index is 832. The van der Waals surface area contributed by atoms with Gasteiger partial charge in [0, 0.05) is 13.1 Å². The van der Waals surface area contributed by atoms with Crippen molar-refractivity contribution >= 4 is 23.7 Å². The second kappa shape index (κ2) is 9.51. The van der Waals surface area contributed by atoms with E-state index in [2.05, 4.69) is 0 Å². The summed E-state index contributed by atoms with van der Waals surface area (Å²) >= 11 is 6.34. The van der Waals surface area contributed by atoms with Gasteiger partial charge in [-0.1, -0.05) is 11.6 Å². The smallest absolute Gasteiger partial charge is 0.410 e. The van der Waals surface area contributed by atoms with Crippen molar-refractivity contribution in [1.29, 1.82) is 0 Å². The van der Waals surface area contributed by atoms with Crippen molar-refractivity contribution in [2.24, 2.45) is 5.92 Å². The highest BCUT2D eigenvalue weighted by Gasteiger charge is 2.38. The molecule has 172 valence electrons. The number of rotatable bonds is 4. The van der Waals surface area contributed by atoms with Crippen molar-refractivity contribution in [2.45, 2.75) is 52.1 Å². The van der Waals surface area contributed by atoms with Crippen molar-refractivity contribution in [3.8, 4) is 11.5 Å². The van der Waals surface area contributed by atoms with Crippen LogP contribution < -0.4 is 9.47 Å². The number of carbonyl (C=O) groups excluding carboxylic acids is 2. The van der Waals surface area contributed by atoms with Crippen molar-refractivity contribution in [2.75, 3.05) is 32.9 Å². The molecule has 1 saturated heterocycles. The highest BCUT2D eigenvalue weighted by Crippen LogP contribution is 2.45. The van der Waals surface area contributed by atoms with Gasteiger partial charge < -0.3 is 23.8 Å². The molecule has 0 radical (unpaired) electrons. The number of esters is 1. The quantitative estimate of drug-likeness (QED) is 0.618. The molecule has 3 rings (SSSR count). The predicted octanol–water partition coefficient (Wildman–Crippen LogP) is 4.54. The fourth-order valence-corrected chi connectivity index (χ4v) is 4.17. The maximum absolute atomic E-state index is 14.9. The van der Waals surface area contributed by atoms with E-state index in [0.29, 0.717) is 31.5 Å². The Hall–Kier alpha value is -2.22. The zero-order valence-corrected chi connectivity index (χ0v) is 19.1. The summed E-state index contributed by atoms with van der Waals surface area (Å²) in [7, 11) is 0. The summed E-state index contributed by atoms with van der Waals surface area (Å²) < 4.78 is 36.5. The molecule has 2 aliphatic rings. The first-order valence-electron chi connectivity index (χ1n) is 10.5. The van der Waals surface area contributed by atoms with E-state index in [1.54, 1.807) is 17.9 Å². The van der Waals surface area contributed by atoms with E-state index in [-0.39, 0.29) is 48.4 Å². The standard InChI is InChI=1S/C22H29ClFNO6/c1-5-28-20(26)16(13-6-8-25(9-7-13)21(27)31-22(2,3)4)14-12-15-19(18(24)17(14)23)30-11-10-29-15/h12-13,16H,5-11H2,1-4H3/t16-/m0/s1. The Kier molecular flexibility index (Phi) is 7.19. The van der Waals surface area contributed by atoms with E-state index in [1.165, 1.54) is 0 Å². The first-order valence-corrected chi connectivity index (χ1v) is 10.9. The van der Waals surface area contributed by atoms with Gasteiger partial charge in [-0.3, -0.25) is 4.79 Å². The van der Waals surface area contributed by atoms with Crippen molar-refractivity contribution in [3.05, 3.63) is 22.5 Å². The Balaban J connectivity index is 1.84. The number of hydrogen-bond donors (Lipinski definition) is 0. The van der Waals surface area contributed by atoms with Crippen LogP contribution >= 0.6 is 11.6 Å². The summed E-state index contributed by atoms with van der Waals surface area (Å²) in [6.45, 7) is 8.69. The average Bonchev–Trinajstić information content (AvgIpc) is 2.71. The van der Waals surface area contributed by atoms with Crippen LogP contribution in [0.25, 0.3) is 0 Å². The molecule has 0 spiro atoms. The third-order valence-electron chi connectivity index (χ3n) is 5.28. The number of fused-ring (bicyclic) bond motifs is 1. The van der Waals surface area contributed by atoms with E-state index in [1.807, 2.05) is 20.8 Å². The number of nitrogens with zero attached hydrogens (tertiary/aromatic N) is 1. The molecular weight excluding hydrogens is 429 g/mol. The van der Waals surface area contributed by atoms with E-state index >= 15 is 0 Å². The highest BCUT2D eigenvalue weighted by atomic mass is 35.5. The molecule has 31 heavy (non-hydrogen) atoms. The third kappa shape index (κ3) is 5.34. The normalized spacial score (nSPS) is 17.8. The van der Waals surface area contributed by atoms with Gasteiger partial charge in [-0.25, -0.2) is 9.18 Å². The lowest BCUT2D eigenvalue weighted by molar-refractivity contribution is -0.146. The number of ether oxygens (including phenoxy) is 4. The maximum Gasteiger partial charge on any atom is 0.410 e. The highest BCUT2D eigenvalue weighted by molar-refractivity contribution is 6.32. The topological polar surface area (TPSA) is 74.3 Å². The van der Waals surface area contributed by atoms with Gasteiger partial charge >= 0.3 is 12.1 Å². The molecule has 1 amide bonds. The third-order valence-corrected chi connectivity index (χ3v) is 5.67. The maximum atomic E-state index is 14.9. The zero-order valence-electron chi connectivity index (χ0n) is 18.3. The Morgan fingerprint density at radius 1 is 1.26 bits per heavy atom. The van der Waals surface area contributed by atoms with Gasteiger partial charge in [0.15, 0.2) is 17.3 Å². The summed E-state index contributed by atoms with van der Waals surface area (Å²) in [5.74, 6) is -1.99. The second-order valence-corrected chi connectivity index (χ2v) is 9.03. The van der Waals surface area contributed by atoms with Crippen LogP contribution in [0.5, 0.6) is 11.5 Å². The van der Waals surface area contributed by atoms with Crippen LogP contribution in [0.1, 0.15) is 52.0 Å². The molecule has 0 saturated carbocycles. The molecule has 2 heterocycles. The summed E-state index contributed by atoms with van der Waals surface area (Å²) in [4.78, 5) is 26.9. The molecule has 9 heteroatoms. The lowest BCUT2D eigenvalue weighted by Crippen LogP contribution is -2.43. The number of likely N-dealkylation sites (tertiary alicyclic amines) is 1. The zero-order chi connectivity index (χ0) is 22.8. The van der Waals surface area contributed by atoms with Gasteiger partial charge in [-0.05, 0) is 58.1 Å². The molecule has 1 atom stereocenters. The number of piperidine rings is 1. The summed E-state index contributed by atoms with van der Waals surface area (Å²) in [5, 5.41) is -0.170. The number of amides is 1. The number of benzene rings is 1. The van der Waals surface area contributed by atoms with E-state index in [4.69, 9.17) is 30.5 Å². The van der Waals surface area contributed by atoms with Gasteiger partial charge in [0.1, 0.15) is 18.8 Å². The summed E-state index contributed by atoms with van der Waals surface area (Å²) in [5.41, 5.74) is -0.268. The molecule has 0 N–H and O–H groups in total. The minimum atomic E-state index is -0.779. The first kappa shape index (κ1) is 23.4. The lowest BCUT2D eigenvalue weighted by atomic mass is 9.79. The molecule has 1 aromatic carbocycles. The minimum absolute atomic E-state index is 0.0395. The van der Waals surface area contributed by atoms with Crippen LogP contribution in [-0.2, 0) is 14.3 Å². The van der Waals surface area contributed by atoms with Crippen molar-refractivity contribution < 1.29 is 32.9 Å². The molecule has 2 aliphatic heterocycles. The molecule has 0 aliphatic carbocycles. The van der Waals surface area contributed by atoms with E-state index in [9.17, 15) is 14.0 Å². The van der Waals surface area contributed by atoms with Crippen LogP contribution in [0.3, 0.4) is 0 Å². The lowest BCUT2D eigenvalue weighted by Gasteiger charge is -2.36. The van der Waals surface area contributed by atoms with Gasteiger partial charge in [-0.15, -0.1) is 0 Å². The predicted molar refractivity (Wildman–Crippen MR) is 112 cm³/mol. The fraction of sp³-hybridized carbons (Fsp3) is 0.636. The molecule has 0 aromatic heterocycles. The average molecular weight is 458 g/mol. The van der Waals surface area contributed by atoms with Gasteiger partial charge in [-0.2, -0.15) is 0 Å². The molecule has 7 nitrogen and oxygen atoms in total. The second-order valence-electron chi connectivity index (χ2n) is 8.65. The molecule has 0 unspecified atom stereocenters. The Morgan fingerprint density at radius 3 is 2.52 bits per heavy atom. The Morgan fingerprint density at radius 2 is 1.90 bits per heavy atom. The molecule has 1 aromatic rings. The minimum Gasteiger partial charge on any atom is -0.486 e. The monoisotopic (exact) mass is 457 g/mol. The number of halogens is 2. The largest absolute Gasteiger partial charge is 0.486 e. The number of hydrogen-bond acceptors (Lipinski definition) is 6. The molecule has 1 fully saturated rings. The SMILES string of the molecule is CCOC(=O)[C@H](c1cc2c(c(F)c1Cl)OCCO2)C1CCN(C(=O)OC(C)(C)C)CC1. The van der Waals surface area contributed by atoms with Crippen LogP contribution in [0, 0.1) is 11.7 Å². The number of carbonyl (C=O) groups is 2. The van der Waals surface area contributed by atoms with Crippen molar-refractivity contribution in [1.82, 2.24) is 4.90 Å². The van der Waals surface area contributed by atoms with E-state index < -0.39 is 23.3 Å². The van der Waals surface area contributed by atoms with Crippen LogP contribution in [0.2, 0.25) is 5.02 Å². The van der Waals surface area contributed by atoms with Gasteiger partial charge in [0.2, 0.25) is 0 Å². The van der Waals surface area contributed by atoms with E-state index in [0.717, 1.165) is 0 Å². The Labute approximate surface area is 186 Å². The summed E-state index contributed by atoms with van der Waals surface area (Å²) in [6.07, 6.45) is 0.659. The fourth-order valence-electron chi connectivity index (χ4n) is 3.92. The van der Waals surface area contributed by atoms with Gasteiger partial charge in [0.05, 0.1) is 17.5 Å². The van der Waals surface area contributed by atoms with Crippen molar-refractivity contribution in [3.63, 3.8) is 0 Å². The summed E-state index contributed by atoms with van der Waals surface area (Å²) in [6, 6.07) is 1.57. The van der Waals surface area contributed by atoms with Crippen LogP contribution in [-0.4, -0.2) is 55.5 Å². The first-order chi connectivity index (χ1) is 14.6. The van der Waals surface area contributed by atoms with Crippen LogP contribution in [0.15, 0.2) is 6.07 Å².